The topological polar surface area (TPSA) is 72.3 Å². The number of aryl methyl sites for hydroxylation is 1. The fraction of sp³-hybridized carbons (Fsp3) is 0.455. The minimum absolute atomic E-state index is 0.353. The number of hydrogen-bond acceptors (Lipinski definition) is 3. The Bertz CT molecular complexity index is 310. The lowest BCUT2D eigenvalue weighted by atomic mass is 9.95. The van der Waals surface area contributed by atoms with Crippen molar-refractivity contribution in [3.8, 4) is 0 Å². The largest absolute Gasteiger partial charge is 0.399 e. The molecule has 0 fully saturated rings. The van der Waals surface area contributed by atoms with E-state index in [1.165, 1.54) is 0 Å². The first-order valence-corrected chi connectivity index (χ1v) is 4.88. The van der Waals surface area contributed by atoms with Gasteiger partial charge in [-0.25, -0.2) is 0 Å². The Morgan fingerprint density at radius 2 is 2.07 bits per heavy atom. The molecule has 1 aromatic rings. The van der Waals surface area contributed by atoms with Gasteiger partial charge in [-0.2, -0.15) is 0 Å². The van der Waals surface area contributed by atoms with Gasteiger partial charge in [-0.15, -0.1) is 0 Å². The standard InChI is InChI=1S/C11H18N2O/c1-3-8-4-5-9(12)6-10(8)11(13)7(2)14/h4-7,11,14H,3,12-13H2,1-2H3. The van der Waals surface area contributed by atoms with E-state index in [0.717, 1.165) is 17.5 Å². The van der Waals surface area contributed by atoms with Gasteiger partial charge < -0.3 is 16.6 Å². The number of aliphatic hydroxyl groups excluding tert-OH is 1. The highest BCUT2D eigenvalue weighted by Crippen LogP contribution is 2.22. The fourth-order valence-corrected chi connectivity index (χ4v) is 1.51. The van der Waals surface area contributed by atoms with Gasteiger partial charge in [0.05, 0.1) is 12.1 Å². The smallest absolute Gasteiger partial charge is 0.0704 e. The van der Waals surface area contributed by atoms with Crippen molar-refractivity contribution in [2.75, 3.05) is 5.73 Å². The number of rotatable bonds is 3. The lowest BCUT2D eigenvalue weighted by Crippen LogP contribution is -2.24. The van der Waals surface area contributed by atoms with E-state index in [-0.39, 0.29) is 6.04 Å². The van der Waals surface area contributed by atoms with E-state index in [1.807, 2.05) is 18.2 Å². The van der Waals surface area contributed by atoms with Crippen LogP contribution in [0.25, 0.3) is 0 Å². The van der Waals surface area contributed by atoms with Gasteiger partial charge in [0.15, 0.2) is 0 Å². The maximum Gasteiger partial charge on any atom is 0.0704 e. The second-order valence-corrected chi connectivity index (χ2v) is 3.58. The summed E-state index contributed by atoms with van der Waals surface area (Å²) in [4.78, 5) is 0. The molecular weight excluding hydrogens is 176 g/mol. The van der Waals surface area contributed by atoms with Crippen LogP contribution in [0.4, 0.5) is 5.69 Å². The van der Waals surface area contributed by atoms with E-state index in [2.05, 4.69) is 6.92 Å². The summed E-state index contributed by atoms with van der Waals surface area (Å²) in [6, 6.07) is 5.31. The van der Waals surface area contributed by atoms with Gasteiger partial charge in [-0.05, 0) is 36.6 Å². The van der Waals surface area contributed by atoms with Crippen LogP contribution >= 0.6 is 0 Å². The van der Waals surface area contributed by atoms with Crippen LogP contribution in [0.2, 0.25) is 0 Å². The summed E-state index contributed by atoms with van der Waals surface area (Å²) in [5.41, 5.74) is 14.3. The van der Waals surface area contributed by atoms with Crippen molar-refractivity contribution in [2.45, 2.75) is 32.4 Å². The molecule has 0 aliphatic rings. The van der Waals surface area contributed by atoms with Gasteiger partial charge in [-0.3, -0.25) is 0 Å². The van der Waals surface area contributed by atoms with Gasteiger partial charge in [0.1, 0.15) is 0 Å². The van der Waals surface area contributed by atoms with Crippen molar-refractivity contribution in [1.82, 2.24) is 0 Å². The second-order valence-electron chi connectivity index (χ2n) is 3.58. The van der Waals surface area contributed by atoms with Gasteiger partial charge in [0.2, 0.25) is 0 Å². The molecule has 1 aromatic carbocycles. The Hall–Kier alpha value is -1.06. The van der Waals surface area contributed by atoms with Crippen LogP contribution < -0.4 is 11.5 Å². The zero-order valence-electron chi connectivity index (χ0n) is 8.70. The molecule has 14 heavy (non-hydrogen) atoms. The number of nitrogens with two attached hydrogens (primary N) is 2. The molecular formula is C11H18N2O. The van der Waals surface area contributed by atoms with Crippen molar-refractivity contribution >= 4 is 5.69 Å². The molecule has 0 aliphatic heterocycles. The molecule has 0 aromatic heterocycles. The van der Waals surface area contributed by atoms with E-state index < -0.39 is 6.10 Å². The summed E-state index contributed by atoms with van der Waals surface area (Å²) >= 11 is 0. The highest BCUT2D eigenvalue weighted by Gasteiger charge is 2.15. The zero-order valence-corrected chi connectivity index (χ0v) is 8.70. The molecule has 0 amide bonds. The van der Waals surface area contributed by atoms with Crippen molar-refractivity contribution in [1.29, 1.82) is 0 Å². The highest BCUT2D eigenvalue weighted by atomic mass is 16.3. The van der Waals surface area contributed by atoms with Crippen LogP contribution in [-0.4, -0.2) is 11.2 Å². The fourth-order valence-electron chi connectivity index (χ4n) is 1.51. The van der Waals surface area contributed by atoms with Crippen molar-refractivity contribution in [3.63, 3.8) is 0 Å². The van der Waals surface area contributed by atoms with Crippen LogP contribution in [0.1, 0.15) is 31.0 Å². The van der Waals surface area contributed by atoms with Gasteiger partial charge in [0, 0.05) is 5.69 Å². The Kier molecular flexibility index (Phi) is 3.49. The van der Waals surface area contributed by atoms with Crippen molar-refractivity contribution in [3.05, 3.63) is 29.3 Å². The zero-order chi connectivity index (χ0) is 10.7. The number of hydrogen-bond donors (Lipinski definition) is 3. The van der Waals surface area contributed by atoms with Crippen molar-refractivity contribution in [2.24, 2.45) is 5.73 Å². The lowest BCUT2D eigenvalue weighted by molar-refractivity contribution is 0.164. The first-order valence-electron chi connectivity index (χ1n) is 4.88. The second kappa shape index (κ2) is 4.44. The Morgan fingerprint density at radius 1 is 1.43 bits per heavy atom. The molecule has 2 atom stereocenters. The minimum Gasteiger partial charge on any atom is -0.399 e. The molecule has 0 saturated carbocycles. The van der Waals surface area contributed by atoms with E-state index in [0.29, 0.717) is 5.69 Å². The van der Waals surface area contributed by atoms with Gasteiger partial charge in [-0.1, -0.05) is 13.0 Å². The maximum absolute atomic E-state index is 9.42. The maximum atomic E-state index is 9.42. The highest BCUT2D eigenvalue weighted by molar-refractivity contribution is 5.46. The van der Waals surface area contributed by atoms with Crippen LogP contribution in [0, 0.1) is 0 Å². The van der Waals surface area contributed by atoms with Crippen LogP contribution in [0.3, 0.4) is 0 Å². The molecule has 0 aliphatic carbocycles. The van der Waals surface area contributed by atoms with Gasteiger partial charge >= 0.3 is 0 Å². The lowest BCUT2D eigenvalue weighted by Gasteiger charge is -2.18. The molecule has 0 radical (unpaired) electrons. The predicted molar refractivity (Wildman–Crippen MR) is 58.8 cm³/mol. The summed E-state index contributed by atoms with van der Waals surface area (Å²) in [5, 5.41) is 9.42. The summed E-state index contributed by atoms with van der Waals surface area (Å²) in [6.07, 6.45) is 0.345. The van der Waals surface area contributed by atoms with E-state index in [1.54, 1.807) is 6.92 Å². The third-order valence-corrected chi connectivity index (χ3v) is 2.43. The summed E-state index contributed by atoms with van der Waals surface area (Å²) in [7, 11) is 0. The summed E-state index contributed by atoms with van der Waals surface area (Å²) in [5.74, 6) is 0. The van der Waals surface area contributed by atoms with Crippen LogP contribution in [-0.2, 0) is 6.42 Å². The molecule has 0 saturated heterocycles. The normalized spacial score (nSPS) is 15.1. The predicted octanol–water partition coefficient (Wildman–Crippen LogP) is 1.21. The molecule has 0 bridgehead atoms. The molecule has 2 unspecified atom stereocenters. The molecule has 1 rings (SSSR count). The Balaban J connectivity index is 3.10. The summed E-state index contributed by atoms with van der Waals surface area (Å²) < 4.78 is 0. The average Bonchev–Trinajstić information content (AvgIpc) is 2.16. The van der Waals surface area contributed by atoms with E-state index >= 15 is 0 Å². The van der Waals surface area contributed by atoms with Crippen LogP contribution in [0.15, 0.2) is 18.2 Å². The Labute approximate surface area is 84.7 Å². The van der Waals surface area contributed by atoms with Crippen molar-refractivity contribution < 1.29 is 5.11 Å². The monoisotopic (exact) mass is 194 g/mol. The SMILES string of the molecule is CCc1ccc(N)cc1C(N)C(C)O. The van der Waals surface area contributed by atoms with E-state index in [9.17, 15) is 5.11 Å². The molecule has 3 nitrogen and oxygen atoms in total. The van der Waals surface area contributed by atoms with E-state index in [4.69, 9.17) is 11.5 Å². The van der Waals surface area contributed by atoms with Crippen LogP contribution in [0.5, 0.6) is 0 Å². The average molecular weight is 194 g/mol. The number of benzene rings is 1. The molecule has 3 heteroatoms. The quantitative estimate of drug-likeness (QED) is 0.633. The summed E-state index contributed by atoms with van der Waals surface area (Å²) in [6.45, 7) is 3.75. The first kappa shape index (κ1) is 11.0. The molecule has 5 N–H and O–H groups in total. The first-order chi connectivity index (χ1) is 6.56. The number of anilines is 1. The minimum atomic E-state index is -0.554. The third-order valence-electron chi connectivity index (χ3n) is 2.43. The molecule has 78 valence electrons. The third kappa shape index (κ3) is 2.25. The molecule has 0 heterocycles. The molecule has 0 spiro atoms. The Morgan fingerprint density at radius 3 is 2.57 bits per heavy atom. The van der Waals surface area contributed by atoms with Gasteiger partial charge in [0.25, 0.3) is 0 Å². The number of nitrogen functional groups attached to an aromatic ring is 1. The number of aliphatic hydroxyl groups is 1.